The molecule has 0 atom stereocenters. The predicted octanol–water partition coefficient (Wildman–Crippen LogP) is 2.30. The van der Waals surface area contributed by atoms with Gasteiger partial charge in [-0.3, -0.25) is 0 Å². The van der Waals surface area contributed by atoms with Crippen LogP contribution in [0.15, 0.2) is 6.20 Å². The first-order chi connectivity index (χ1) is 6.33. The van der Waals surface area contributed by atoms with Crippen LogP contribution in [0.3, 0.4) is 0 Å². The maximum Gasteiger partial charge on any atom is 0.113 e. The lowest BCUT2D eigenvalue weighted by atomic mass is 10.3. The van der Waals surface area contributed by atoms with E-state index in [1.165, 1.54) is 11.3 Å². The molecule has 0 spiro atoms. The maximum atomic E-state index is 5.72. The number of halogens is 1. The van der Waals surface area contributed by atoms with E-state index in [2.05, 4.69) is 16.2 Å². The summed E-state index contributed by atoms with van der Waals surface area (Å²) in [6.07, 6.45) is 8.63. The van der Waals surface area contributed by atoms with Crippen LogP contribution in [0.5, 0.6) is 0 Å². The van der Waals surface area contributed by atoms with Crippen molar-refractivity contribution >= 4 is 22.9 Å². The average Bonchev–Trinajstić information content (AvgIpc) is 2.51. The summed E-state index contributed by atoms with van der Waals surface area (Å²) in [5.41, 5.74) is 0. The molecule has 0 aliphatic heterocycles. The molecule has 0 aromatic carbocycles. The van der Waals surface area contributed by atoms with Gasteiger partial charge in [0.05, 0.1) is 6.20 Å². The third kappa shape index (κ3) is 4.28. The Kier molecular flexibility index (Phi) is 4.84. The standard InChI is InChI=1S/C9H11ClN2S/c1-2-3-4-5-11-7-9-12-6-8(10)13-9/h1,6,11H,3-5,7H2. The Morgan fingerprint density at radius 2 is 2.54 bits per heavy atom. The molecule has 0 fully saturated rings. The Bertz CT molecular complexity index is 290. The van der Waals surface area contributed by atoms with Gasteiger partial charge in [-0.15, -0.1) is 23.7 Å². The Labute approximate surface area is 87.3 Å². The highest BCUT2D eigenvalue weighted by molar-refractivity contribution is 7.15. The van der Waals surface area contributed by atoms with Gasteiger partial charge in [0, 0.05) is 13.0 Å². The third-order valence-electron chi connectivity index (χ3n) is 1.48. The van der Waals surface area contributed by atoms with E-state index in [0.29, 0.717) is 0 Å². The summed E-state index contributed by atoms with van der Waals surface area (Å²) in [5.74, 6) is 2.60. The maximum absolute atomic E-state index is 5.72. The number of terminal acetylenes is 1. The quantitative estimate of drug-likeness (QED) is 0.601. The lowest BCUT2D eigenvalue weighted by molar-refractivity contribution is 0.657. The van der Waals surface area contributed by atoms with E-state index < -0.39 is 0 Å². The number of nitrogens with one attached hydrogen (secondary N) is 1. The van der Waals surface area contributed by atoms with Gasteiger partial charge in [0.2, 0.25) is 0 Å². The second-order valence-corrected chi connectivity index (χ2v) is 4.29. The second-order valence-electron chi connectivity index (χ2n) is 2.54. The fourth-order valence-corrected chi connectivity index (χ4v) is 1.81. The second kappa shape index (κ2) is 5.98. The van der Waals surface area contributed by atoms with Gasteiger partial charge in [0.25, 0.3) is 0 Å². The Balaban J connectivity index is 2.10. The first-order valence-corrected chi connectivity index (χ1v) is 5.27. The fourth-order valence-electron chi connectivity index (χ4n) is 0.880. The number of aromatic nitrogens is 1. The van der Waals surface area contributed by atoms with Gasteiger partial charge in [0.1, 0.15) is 9.34 Å². The van der Waals surface area contributed by atoms with Crippen LogP contribution in [0.2, 0.25) is 4.34 Å². The van der Waals surface area contributed by atoms with E-state index in [1.807, 2.05) is 0 Å². The minimum Gasteiger partial charge on any atom is -0.310 e. The zero-order chi connectivity index (χ0) is 9.52. The molecule has 1 aromatic heterocycles. The van der Waals surface area contributed by atoms with Crippen molar-refractivity contribution < 1.29 is 0 Å². The summed E-state index contributed by atoms with van der Waals surface area (Å²) < 4.78 is 0.737. The Hall–Kier alpha value is -0.560. The van der Waals surface area contributed by atoms with E-state index in [0.717, 1.165) is 35.3 Å². The molecular weight excluding hydrogens is 204 g/mol. The van der Waals surface area contributed by atoms with Gasteiger partial charge < -0.3 is 5.32 Å². The molecular formula is C9H11ClN2S. The average molecular weight is 215 g/mol. The summed E-state index contributed by atoms with van der Waals surface area (Å²) in [4.78, 5) is 4.12. The first kappa shape index (κ1) is 10.5. The number of rotatable bonds is 5. The van der Waals surface area contributed by atoms with E-state index in [1.54, 1.807) is 6.20 Å². The predicted molar refractivity (Wildman–Crippen MR) is 56.9 cm³/mol. The molecule has 0 unspecified atom stereocenters. The molecule has 0 saturated heterocycles. The highest BCUT2D eigenvalue weighted by Gasteiger charge is 1.97. The molecule has 0 aliphatic carbocycles. The van der Waals surface area contributed by atoms with Gasteiger partial charge in [-0.05, 0) is 13.0 Å². The van der Waals surface area contributed by atoms with Crippen molar-refractivity contribution in [2.24, 2.45) is 0 Å². The Morgan fingerprint density at radius 1 is 1.69 bits per heavy atom. The molecule has 0 radical (unpaired) electrons. The van der Waals surface area contributed by atoms with Crippen molar-refractivity contribution in [1.29, 1.82) is 0 Å². The van der Waals surface area contributed by atoms with Crippen molar-refractivity contribution in [2.75, 3.05) is 6.54 Å². The monoisotopic (exact) mass is 214 g/mol. The minimum absolute atomic E-state index is 0.737. The molecule has 1 aromatic rings. The molecule has 1 heterocycles. The molecule has 2 nitrogen and oxygen atoms in total. The van der Waals surface area contributed by atoms with Crippen LogP contribution in [0.25, 0.3) is 0 Å². The van der Waals surface area contributed by atoms with Gasteiger partial charge in [-0.1, -0.05) is 11.6 Å². The minimum atomic E-state index is 0.737. The fraction of sp³-hybridized carbons (Fsp3) is 0.444. The van der Waals surface area contributed by atoms with Gasteiger partial charge in [0.15, 0.2) is 0 Å². The summed E-state index contributed by atoms with van der Waals surface area (Å²) in [5, 5.41) is 4.26. The number of unbranched alkanes of at least 4 members (excludes halogenated alkanes) is 1. The van der Waals surface area contributed by atoms with Crippen LogP contribution in [0.1, 0.15) is 17.8 Å². The van der Waals surface area contributed by atoms with Crippen LogP contribution in [-0.4, -0.2) is 11.5 Å². The third-order valence-corrected chi connectivity index (χ3v) is 2.59. The van der Waals surface area contributed by atoms with Gasteiger partial charge in [-0.2, -0.15) is 0 Å². The van der Waals surface area contributed by atoms with E-state index in [4.69, 9.17) is 18.0 Å². The van der Waals surface area contributed by atoms with Crippen LogP contribution >= 0.6 is 22.9 Å². The van der Waals surface area contributed by atoms with Crippen molar-refractivity contribution in [3.05, 3.63) is 15.5 Å². The number of hydrogen-bond acceptors (Lipinski definition) is 3. The molecule has 0 saturated carbocycles. The van der Waals surface area contributed by atoms with Crippen LogP contribution in [-0.2, 0) is 6.54 Å². The topological polar surface area (TPSA) is 24.9 Å². The zero-order valence-electron chi connectivity index (χ0n) is 7.22. The highest BCUT2D eigenvalue weighted by atomic mass is 35.5. The normalized spacial score (nSPS) is 9.85. The molecule has 0 bridgehead atoms. The van der Waals surface area contributed by atoms with Gasteiger partial charge >= 0.3 is 0 Å². The molecule has 13 heavy (non-hydrogen) atoms. The van der Waals surface area contributed by atoms with Crippen molar-refractivity contribution in [1.82, 2.24) is 10.3 Å². The molecule has 0 aliphatic rings. The van der Waals surface area contributed by atoms with Crippen molar-refractivity contribution in [2.45, 2.75) is 19.4 Å². The van der Waals surface area contributed by atoms with Crippen molar-refractivity contribution in [3.63, 3.8) is 0 Å². The van der Waals surface area contributed by atoms with E-state index >= 15 is 0 Å². The molecule has 4 heteroatoms. The summed E-state index contributed by atoms with van der Waals surface area (Å²) in [6, 6.07) is 0. The number of hydrogen-bond donors (Lipinski definition) is 1. The number of thiazole rings is 1. The van der Waals surface area contributed by atoms with Crippen LogP contribution in [0, 0.1) is 12.3 Å². The zero-order valence-corrected chi connectivity index (χ0v) is 8.79. The summed E-state index contributed by atoms with van der Waals surface area (Å²) in [7, 11) is 0. The van der Waals surface area contributed by atoms with Crippen LogP contribution < -0.4 is 5.32 Å². The molecule has 0 amide bonds. The van der Waals surface area contributed by atoms with E-state index in [9.17, 15) is 0 Å². The lowest BCUT2D eigenvalue weighted by Crippen LogP contribution is -2.14. The number of nitrogens with zero attached hydrogens (tertiary/aromatic N) is 1. The first-order valence-electron chi connectivity index (χ1n) is 4.07. The Morgan fingerprint density at radius 3 is 3.15 bits per heavy atom. The van der Waals surface area contributed by atoms with Crippen molar-refractivity contribution in [3.8, 4) is 12.3 Å². The van der Waals surface area contributed by atoms with Crippen LogP contribution in [0.4, 0.5) is 0 Å². The molecule has 1 N–H and O–H groups in total. The smallest absolute Gasteiger partial charge is 0.113 e. The summed E-state index contributed by atoms with van der Waals surface area (Å²) in [6.45, 7) is 1.71. The SMILES string of the molecule is C#CCCCNCc1ncc(Cl)s1. The summed E-state index contributed by atoms with van der Waals surface area (Å²) >= 11 is 7.23. The molecule has 70 valence electrons. The van der Waals surface area contributed by atoms with E-state index in [-0.39, 0.29) is 0 Å². The highest BCUT2D eigenvalue weighted by Crippen LogP contribution is 2.17. The largest absolute Gasteiger partial charge is 0.310 e. The van der Waals surface area contributed by atoms with Gasteiger partial charge in [-0.25, -0.2) is 4.98 Å². The lowest BCUT2D eigenvalue weighted by Gasteiger charge is -1.98. The molecule has 1 rings (SSSR count).